The zero-order chi connectivity index (χ0) is 7.56. The molecule has 0 saturated carbocycles. The third-order valence-electron chi connectivity index (χ3n) is 1.37. The standard InChI is InChI=1S/C8H10ClN.CH4/c1-6(10)7-3-2-4-8(9)5-7;/h2-6H,10H2,1H3;1H4/t6-;/m1./s1. The van der Waals surface area contributed by atoms with Gasteiger partial charge in [0.1, 0.15) is 0 Å². The largest absolute Gasteiger partial charge is 0.324 e. The second-order valence-corrected chi connectivity index (χ2v) is 2.78. The van der Waals surface area contributed by atoms with Gasteiger partial charge in [0.15, 0.2) is 0 Å². The van der Waals surface area contributed by atoms with Crippen molar-refractivity contribution in [3.05, 3.63) is 34.9 Å². The summed E-state index contributed by atoms with van der Waals surface area (Å²) in [7, 11) is 0. The molecule has 0 heterocycles. The molecule has 1 nitrogen and oxygen atoms in total. The highest BCUT2D eigenvalue weighted by molar-refractivity contribution is 6.30. The Morgan fingerprint density at radius 3 is 2.45 bits per heavy atom. The SMILES string of the molecule is C.C[C@@H](N)c1cccc(Cl)c1. The predicted molar refractivity (Wildman–Crippen MR) is 50.8 cm³/mol. The average Bonchev–Trinajstić information content (AvgIpc) is 1.88. The van der Waals surface area contributed by atoms with Crippen LogP contribution in [-0.2, 0) is 0 Å². The van der Waals surface area contributed by atoms with Gasteiger partial charge in [-0.2, -0.15) is 0 Å². The normalized spacial score (nSPS) is 11.9. The fourth-order valence-corrected chi connectivity index (χ4v) is 0.989. The number of rotatable bonds is 1. The Labute approximate surface area is 73.2 Å². The van der Waals surface area contributed by atoms with E-state index in [9.17, 15) is 0 Å². The van der Waals surface area contributed by atoms with E-state index in [0.29, 0.717) is 0 Å². The summed E-state index contributed by atoms with van der Waals surface area (Å²) in [5.41, 5.74) is 6.70. The van der Waals surface area contributed by atoms with E-state index < -0.39 is 0 Å². The lowest BCUT2D eigenvalue weighted by Crippen LogP contribution is -2.04. The first-order valence-corrected chi connectivity index (χ1v) is 3.59. The van der Waals surface area contributed by atoms with Crippen LogP contribution in [0.5, 0.6) is 0 Å². The Morgan fingerprint density at radius 2 is 2.09 bits per heavy atom. The molecule has 0 spiro atoms. The van der Waals surface area contributed by atoms with Gasteiger partial charge in [0.25, 0.3) is 0 Å². The Balaban J connectivity index is 0.000001000. The van der Waals surface area contributed by atoms with Crippen molar-refractivity contribution in [1.82, 2.24) is 0 Å². The molecule has 2 N–H and O–H groups in total. The molecule has 1 atom stereocenters. The van der Waals surface area contributed by atoms with Crippen molar-refractivity contribution in [1.29, 1.82) is 0 Å². The van der Waals surface area contributed by atoms with Crippen molar-refractivity contribution in [2.75, 3.05) is 0 Å². The van der Waals surface area contributed by atoms with Crippen LogP contribution in [0.1, 0.15) is 26.0 Å². The minimum atomic E-state index is 0. The van der Waals surface area contributed by atoms with Gasteiger partial charge in [0.2, 0.25) is 0 Å². The lowest BCUT2D eigenvalue weighted by molar-refractivity contribution is 0.818. The van der Waals surface area contributed by atoms with Crippen LogP contribution in [0.25, 0.3) is 0 Å². The summed E-state index contributed by atoms with van der Waals surface area (Å²) < 4.78 is 0. The Morgan fingerprint density at radius 1 is 1.45 bits per heavy atom. The minimum Gasteiger partial charge on any atom is -0.324 e. The summed E-state index contributed by atoms with van der Waals surface area (Å²) in [6.45, 7) is 1.94. The minimum absolute atomic E-state index is 0. The van der Waals surface area contributed by atoms with E-state index in [1.54, 1.807) is 0 Å². The number of benzene rings is 1. The number of nitrogens with two attached hydrogens (primary N) is 1. The van der Waals surface area contributed by atoms with E-state index in [1.165, 1.54) is 0 Å². The molecule has 0 aliphatic heterocycles. The molecule has 0 amide bonds. The lowest BCUT2D eigenvalue weighted by atomic mass is 10.1. The second-order valence-electron chi connectivity index (χ2n) is 2.34. The molecule has 0 bridgehead atoms. The van der Waals surface area contributed by atoms with Gasteiger partial charge < -0.3 is 5.73 Å². The molecule has 1 aromatic carbocycles. The van der Waals surface area contributed by atoms with Crippen molar-refractivity contribution >= 4 is 11.6 Å². The molecular weight excluding hydrogens is 158 g/mol. The van der Waals surface area contributed by atoms with Crippen LogP contribution in [0.4, 0.5) is 0 Å². The fraction of sp³-hybridized carbons (Fsp3) is 0.333. The zero-order valence-electron chi connectivity index (χ0n) is 5.84. The van der Waals surface area contributed by atoms with Crippen LogP contribution in [0.15, 0.2) is 24.3 Å². The predicted octanol–water partition coefficient (Wildman–Crippen LogP) is 3.00. The molecule has 0 unspecified atom stereocenters. The number of hydrogen-bond donors (Lipinski definition) is 1. The van der Waals surface area contributed by atoms with Gasteiger partial charge >= 0.3 is 0 Å². The van der Waals surface area contributed by atoms with E-state index >= 15 is 0 Å². The van der Waals surface area contributed by atoms with Crippen molar-refractivity contribution in [2.24, 2.45) is 5.73 Å². The first-order chi connectivity index (χ1) is 4.70. The molecule has 1 aromatic rings. The molecule has 2 heteroatoms. The van der Waals surface area contributed by atoms with Crippen molar-refractivity contribution in [2.45, 2.75) is 20.4 Å². The van der Waals surface area contributed by atoms with Crippen LogP contribution in [0.2, 0.25) is 5.02 Å². The fourth-order valence-electron chi connectivity index (χ4n) is 0.790. The van der Waals surface area contributed by atoms with Crippen LogP contribution in [-0.4, -0.2) is 0 Å². The van der Waals surface area contributed by atoms with Gasteiger partial charge in [0, 0.05) is 11.1 Å². The Bertz CT molecular complexity index is 221. The first-order valence-electron chi connectivity index (χ1n) is 3.21. The average molecular weight is 172 g/mol. The molecule has 1 rings (SSSR count). The summed E-state index contributed by atoms with van der Waals surface area (Å²) in [5.74, 6) is 0. The summed E-state index contributed by atoms with van der Waals surface area (Å²) >= 11 is 5.73. The third kappa shape index (κ3) is 2.91. The molecular formula is C9H14ClN. The van der Waals surface area contributed by atoms with Gasteiger partial charge in [-0.1, -0.05) is 31.2 Å². The number of hydrogen-bond acceptors (Lipinski definition) is 1. The molecule has 0 radical (unpaired) electrons. The molecule has 0 aliphatic rings. The highest BCUT2D eigenvalue weighted by Crippen LogP contribution is 2.14. The lowest BCUT2D eigenvalue weighted by Gasteiger charge is -2.03. The quantitative estimate of drug-likeness (QED) is 0.691. The summed E-state index contributed by atoms with van der Waals surface area (Å²) in [5, 5.41) is 0.745. The summed E-state index contributed by atoms with van der Waals surface area (Å²) in [6.07, 6.45) is 0. The van der Waals surface area contributed by atoms with E-state index in [4.69, 9.17) is 17.3 Å². The second kappa shape index (κ2) is 4.37. The van der Waals surface area contributed by atoms with E-state index in [-0.39, 0.29) is 13.5 Å². The zero-order valence-corrected chi connectivity index (χ0v) is 6.60. The molecule has 0 saturated heterocycles. The Hall–Kier alpha value is -0.530. The highest BCUT2D eigenvalue weighted by atomic mass is 35.5. The van der Waals surface area contributed by atoms with Crippen LogP contribution < -0.4 is 5.73 Å². The van der Waals surface area contributed by atoms with Crippen LogP contribution in [0, 0.1) is 0 Å². The smallest absolute Gasteiger partial charge is 0.0409 e. The van der Waals surface area contributed by atoms with E-state index in [0.717, 1.165) is 10.6 Å². The van der Waals surface area contributed by atoms with Gasteiger partial charge in [-0.05, 0) is 24.6 Å². The van der Waals surface area contributed by atoms with Crippen molar-refractivity contribution < 1.29 is 0 Å². The van der Waals surface area contributed by atoms with E-state index in [1.807, 2.05) is 31.2 Å². The van der Waals surface area contributed by atoms with Crippen LogP contribution >= 0.6 is 11.6 Å². The molecule has 0 fully saturated rings. The molecule has 0 aliphatic carbocycles. The maximum absolute atomic E-state index is 5.73. The monoisotopic (exact) mass is 171 g/mol. The van der Waals surface area contributed by atoms with Gasteiger partial charge in [-0.25, -0.2) is 0 Å². The number of halogens is 1. The molecule has 11 heavy (non-hydrogen) atoms. The van der Waals surface area contributed by atoms with E-state index in [2.05, 4.69) is 0 Å². The molecule has 0 aromatic heterocycles. The maximum atomic E-state index is 5.73. The van der Waals surface area contributed by atoms with Gasteiger partial charge in [-0.3, -0.25) is 0 Å². The first kappa shape index (κ1) is 10.5. The van der Waals surface area contributed by atoms with Gasteiger partial charge in [-0.15, -0.1) is 0 Å². The van der Waals surface area contributed by atoms with Gasteiger partial charge in [0.05, 0.1) is 0 Å². The summed E-state index contributed by atoms with van der Waals surface area (Å²) in [4.78, 5) is 0. The maximum Gasteiger partial charge on any atom is 0.0409 e. The highest BCUT2D eigenvalue weighted by Gasteiger charge is 1.97. The third-order valence-corrected chi connectivity index (χ3v) is 1.61. The topological polar surface area (TPSA) is 26.0 Å². The summed E-state index contributed by atoms with van der Waals surface area (Å²) in [6, 6.07) is 7.66. The Kier molecular flexibility index (Phi) is 4.16. The van der Waals surface area contributed by atoms with Crippen molar-refractivity contribution in [3.63, 3.8) is 0 Å². The van der Waals surface area contributed by atoms with Crippen molar-refractivity contribution in [3.8, 4) is 0 Å². The molecule has 62 valence electrons. The van der Waals surface area contributed by atoms with Crippen LogP contribution in [0.3, 0.4) is 0 Å².